The van der Waals surface area contributed by atoms with E-state index in [9.17, 15) is 0 Å². The van der Waals surface area contributed by atoms with Gasteiger partial charge in [0.2, 0.25) is 0 Å². The van der Waals surface area contributed by atoms with Crippen LogP contribution in [-0.2, 0) is 9.31 Å². The van der Waals surface area contributed by atoms with Gasteiger partial charge in [-0.25, -0.2) is 0 Å². The lowest BCUT2D eigenvalue weighted by molar-refractivity contribution is 0.00578. The zero-order chi connectivity index (χ0) is 20.8. The fourth-order valence-electron chi connectivity index (χ4n) is 3.34. The molecule has 0 aliphatic carbocycles. The minimum Gasteiger partial charge on any atom is -0.399 e. The van der Waals surface area contributed by atoms with Crippen LogP contribution in [0.2, 0.25) is 0 Å². The van der Waals surface area contributed by atoms with E-state index in [0.717, 1.165) is 12.8 Å². The summed E-state index contributed by atoms with van der Waals surface area (Å²) in [4.78, 5) is 0. The summed E-state index contributed by atoms with van der Waals surface area (Å²) in [7, 11) is -0.296. The predicted molar refractivity (Wildman–Crippen MR) is 122 cm³/mol. The van der Waals surface area contributed by atoms with Crippen LogP contribution in [0.3, 0.4) is 0 Å². The highest BCUT2D eigenvalue weighted by molar-refractivity contribution is 6.56. The first-order valence-corrected chi connectivity index (χ1v) is 11.0. The highest BCUT2D eigenvalue weighted by Gasteiger charge is 2.52. The van der Waals surface area contributed by atoms with E-state index in [2.05, 4.69) is 84.9 Å². The fourth-order valence-corrected chi connectivity index (χ4v) is 3.34. The van der Waals surface area contributed by atoms with E-state index in [-0.39, 0.29) is 18.3 Å². The predicted octanol–water partition coefficient (Wildman–Crippen LogP) is 7.32. The van der Waals surface area contributed by atoms with E-state index in [1.54, 1.807) is 0 Å². The van der Waals surface area contributed by atoms with Crippen molar-refractivity contribution in [3.05, 3.63) is 52.5 Å². The zero-order valence-electron chi connectivity index (χ0n) is 19.1. The van der Waals surface area contributed by atoms with Crippen molar-refractivity contribution in [1.82, 2.24) is 0 Å². The van der Waals surface area contributed by atoms with Gasteiger partial charge >= 0.3 is 7.12 Å². The van der Waals surface area contributed by atoms with Crippen molar-refractivity contribution in [3.8, 4) is 0 Å². The summed E-state index contributed by atoms with van der Waals surface area (Å²) in [6.07, 6.45) is 11.5. The van der Waals surface area contributed by atoms with Crippen molar-refractivity contribution < 1.29 is 9.31 Å². The van der Waals surface area contributed by atoms with E-state index in [4.69, 9.17) is 9.31 Å². The van der Waals surface area contributed by atoms with Gasteiger partial charge in [-0.05, 0) is 70.5 Å². The lowest BCUT2D eigenvalue weighted by Crippen LogP contribution is -2.41. The Morgan fingerprint density at radius 1 is 0.929 bits per heavy atom. The maximum atomic E-state index is 6.44. The maximum Gasteiger partial charge on any atom is 0.494 e. The first-order chi connectivity index (χ1) is 13.2. The van der Waals surface area contributed by atoms with E-state index < -0.39 is 0 Å². The summed E-state index contributed by atoms with van der Waals surface area (Å²) in [5.41, 5.74) is 4.47. The molecular weight excluding hydrogens is 343 g/mol. The molecule has 0 spiro atoms. The molecule has 0 N–H and O–H groups in total. The Kier molecular flexibility index (Phi) is 8.15. The van der Waals surface area contributed by atoms with Crippen LogP contribution >= 0.6 is 0 Å². The third kappa shape index (κ3) is 5.84. The van der Waals surface area contributed by atoms with Crippen molar-refractivity contribution in [2.75, 3.05) is 0 Å². The van der Waals surface area contributed by atoms with Crippen molar-refractivity contribution in [2.45, 2.75) is 98.2 Å². The van der Waals surface area contributed by atoms with E-state index in [0.29, 0.717) is 0 Å². The molecule has 1 aromatic carbocycles. The quantitative estimate of drug-likeness (QED) is 0.253. The highest BCUT2D eigenvalue weighted by atomic mass is 16.7. The molecule has 2 rings (SSSR count). The Balaban J connectivity index is 2.41. The first kappa shape index (κ1) is 23.0. The van der Waals surface area contributed by atoms with Crippen molar-refractivity contribution in [1.29, 1.82) is 0 Å². The van der Waals surface area contributed by atoms with Crippen LogP contribution < -0.4 is 0 Å². The van der Waals surface area contributed by atoms with E-state index >= 15 is 0 Å². The van der Waals surface area contributed by atoms with E-state index in [1.165, 1.54) is 47.9 Å². The van der Waals surface area contributed by atoms with Gasteiger partial charge in [-0.2, -0.15) is 0 Å². The fraction of sp³-hybridized carbons (Fsp3) is 0.600. The lowest BCUT2D eigenvalue weighted by atomic mass is 9.71. The topological polar surface area (TPSA) is 18.5 Å². The Morgan fingerprint density at radius 3 is 2.04 bits per heavy atom. The Bertz CT molecular complexity index is 667. The molecule has 2 nitrogen and oxygen atoms in total. The minimum absolute atomic E-state index is 0.296. The first-order valence-electron chi connectivity index (χ1n) is 11.0. The normalized spacial score (nSPS) is 19.3. The molecular formula is C25H39BO2. The molecule has 0 aromatic heterocycles. The largest absolute Gasteiger partial charge is 0.494 e. The number of hydrogen-bond acceptors (Lipinski definition) is 2. The summed E-state index contributed by atoms with van der Waals surface area (Å²) in [6, 6.07) is 8.77. The molecule has 0 radical (unpaired) electrons. The Hall–Kier alpha value is -1.32. The number of allylic oxidation sites excluding steroid dienone is 3. The van der Waals surface area contributed by atoms with Crippen LogP contribution in [0.25, 0.3) is 6.08 Å². The molecule has 0 unspecified atom stereocenters. The molecule has 1 saturated heterocycles. The molecule has 0 atom stereocenters. The SMILES string of the molecule is CCCC/C=C(B1OC(C)(C)C(C)(C)O1)/C(=C\c1ccc(C)cc1)CCCC. The molecule has 1 aliphatic rings. The number of rotatable bonds is 9. The highest BCUT2D eigenvalue weighted by Crippen LogP contribution is 2.40. The van der Waals surface area contributed by atoms with Gasteiger partial charge in [0, 0.05) is 0 Å². The smallest absolute Gasteiger partial charge is 0.399 e. The molecule has 154 valence electrons. The molecule has 0 bridgehead atoms. The Labute approximate surface area is 173 Å². The lowest BCUT2D eigenvalue weighted by Gasteiger charge is -2.32. The summed E-state index contributed by atoms with van der Waals surface area (Å²) < 4.78 is 12.9. The molecule has 1 fully saturated rings. The molecule has 1 heterocycles. The molecule has 0 saturated carbocycles. The summed E-state index contributed by atoms with van der Waals surface area (Å²) in [5.74, 6) is 0. The van der Waals surface area contributed by atoms with Gasteiger partial charge in [0.15, 0.2) is 0 Å². The second kappa shape index (κ2) is 9.94. The van der Waals surface area contributed by atoms with Crippen LogP contribution in [0, 0.1) is 6.92 Å². The van der Waals surface area contributed by atoms with Gasteiger partial charge in [-0.3, -0.25) is 0 Å². The number of aryl methyl sites for hydroxylation is 1. The summed E-state index contributed by atoms with van der Waals surface area (Å²) >= 11 is 0. The van der Waals surface area contributed by atoms with Crippen molar-refractivity contribution >= 4 is 13.2 Å². The third-order valence-corrected chi connectivity index (χ3v) is 6.02. The summed E-state index contributed by atoms with van der Waals surface area (Å²) in [5, 5.41) is 0. The molecule has 3 heteroatoms. The van der Waals surface area contributed by atoms with Crippen LogP contribution in [0.15, 0.2) is 41.4 Å². The monoisotopic (exact) mass is 382 g/mol. The number of hydrogen-bond donors (Lipinski definition) is 0. The van der Waals surface area contributed by atoms with Crippen LogP contribution in [0.5, 0.6) is 0 Å². The number of benzene rings is 1. The molecule has 1 aliphatic heterocycles. The average Bonchev–Trinajstić information content (AvgIpc) is 2.85. The molecule has 1 aromatic rings. The van der Waals surface area contributed by atoms with Gasteiger partial charge in [0.05, 0.1) is 11.2 Å². The van der Waals surface area contributed by atoms with Gasteiger partial charge in [0.1, 0.15) is 0 Å². The van der Waals surface area contributed by atoms with Crippen LogP contribution in [0.1, 0.15) is 91.2 Å². The Morgan fingerprint density at radius 2 is 1.50 bits per heavy atom. The number of unbranched alkanes of at least 4 members (excludes halogenated alkanes) is 3. The second-order valence-corrected chi connectivity index (χ2v) is 9.07. The van der Waals surface area contributed by atoms with Crippen molar-refractivity contribution in [2.24, 2.45) is 0 Å². The van der Waals surface area contributed by atoms with Crippen LogP contribution in [-0.4, -0.2) is 18.3 Å². The van der Waals surface area contributed by atoms with Gasteiger partial charge in [-0.15, -0.1) is 0 Å². The zero-order valence-corrected chi connectivity index (χ0v) is 19.1. The minimum atomic E-state index is -0.318. The maximum absolute atomic E-state index is 6.44. The average molecular weight is 382 g/mol. The standard InChI is InChI=1S/C25H39BO2/c1-8-10-12-14-23(26-27-24(4,5)25(6,7)28-26)22(13-11-9-2)19-21-17-15-20(3)16-18-21/h14-19H,8-13H2,1-7H3/b22-19-,23-14-. The van der Waals surface area contributed by atoms with E-state index in [1.807, 2.05) is 0 Å². The molecule has 0 amide bonds. The van der Waals surface area contributed by atoms with Gasteiger partial charge in [-0.1, -0.05) is 75.1 Å². The van der Waals surface area contributed by atoms with Crippen molar-refractivity contribution in [3.63, 3.8) is 0 Å². The second-order valence-electron chi connectivity index (χ2n) is 9.07. The van der Waals surface area contributed by atoms with Gasteiger partial charge < -0.3 is 9.31 Å². The van der Waals surface area contributed by atoms with Crippen LogP contribution in [0.4, 0.5) is 0 Å². The van der Waals surface area contributed by atoms with Gasteiger partial charge in [0.25, 0.3) is 0 Å². The molecule has 28 heavy (non-hydrogen) atoms. The third-order valence-electron chi connectivity index (χ3n) is 6.02. The summed E-state index contributed by atoms with van der Waals surface area (Å²) in [6.45, 7) is 15.1.